The van der Waals surface area contributed by atoms with E-state index in [2.05, 4.69) is 13.8 Å². The van der Waals surface area contributed by atoms with E-state index in [1.54, 1.807) is 6.92 Å². The number of ketones is 1. The topological polar surface area (TPSA) is 43.4 Å². The van der Waals surface area contributed by atoms with Crippen molar-refractivity contribution in [2.45, 2.75) is 58.5 Å². The smallest absolute Gasteiger partial charge is 0.331 e. The summed E-state index contributed by atoms with van der Waals surface area (Å²) in [4.78, 5) is 22.7. The average molecular weight is 238 g/mol. The van der Waals surface area contributed by atoms with Crippen LogP contribution in [0.4, 0.5) is 0 Å². The number of carbonyl (C=O) groups is 2. The normalized spacial score (nSPS) is 24.8. The van der Waals surface area contributed by atoms with Gasteiger partial charge in [0.05, 0.1) is 0 Å². The molecule has 0 amide bonds. The largest absolute Gasteiger partial charge is 0.451 e. The van der Waals surface area contributed by atoms with Gasteiger partial charge < -0.3 is 9.53 Å². The molecule has 0 saturated carbocycles. The monoisotopic (exact) mass is 238 g/mol. The predicted molar refractivity (Wildman–Crippen MR) is 66.6 cm³/mol. The Morgan fingerprint density at radius 2 is 2.12 bits per heavy atom. The van der Waals surface area contributed by atoms with Gasteiger partial charge in [-0.1, -0.05) is 26.7 Å². The van der Waals surface area contributed by atoms with Gasteiger partial charge in [0.15, 0.2) is 0 Å². The second-order valence-electron chi connectivity index (χ2n) is 4.85. The highest BCUT2D eigenvalue weighted by molar-refractivity contribution is 5.85. The van der Waals surface area contributed by atoms with Crippen LogP contribution >= 0.6 is 0 Å². The van der Waals surface area contributed by atoms with Crippen LogP contribution in [0.25, 0.3) is 0 Å². The first-order valence-corrected chi connectivity index (χ1v) is 6.45. The summed E-state index contributed by atoms with van der Waals surface area (Å²) in [6, 6.07) is 0. The summed E-state index contributed by atoms with van der Waals surface area (Å²) >= 11 is 0. The molecule has 17 heavy (non-hydrogen) atoms. The minimum atomic E-state index is -0.534. The van der Waals surface area contributed by atoms with E-state index >= 15 is 0 Å². The molecule has 0 radical (unpaired) electrons. The molecule has 3 heteroatoms. The van der Waals surface area contributed by atoms with E-state index in [0.29, 0.717) is 6.42 Å². The minimum Gasteiger partial charge on any atom is -0.451 e. The lowest BCUT2D eigenvalue weighted by Crippen LogP contribution is -2.38. The quantitative estimate of drug-likeness (QED) is 0.640. The summed E-state index contributed by atoms with van der Waals surface area (Å²) in [5, 5.41) is 0. The van der Waals surface area contributed by atoms with E-state index in [9.17, 15) is 9.59 Å². The summed E-state index contributed by atoms with van der Waals surface area (Å²) in [5.74, 6) is 0.00559. The Morgan fingerprint density at radius 3 is 2.53 bits per heavy atom. The third kappa shape index (κ3) is 3.42. The van der Waals surface area contributed by atoms with Crippen molar-refractivity contribution in [3.8, 4) is 0 Å². The molecule has 1 rings (SSSR count). The van der Waals surface area contributed by atoms with Crippen molar-refractivity contribution in [3.05, 3.63) is 12.2 Å². The standard InChI is InChI=1S/C14H22O3/c1-4-6-12(10-11(3)15)14(8-5-2)9-7-13(16)17-14/h7,9,12H,4-6,8,10H2,1-3H3/t12-,14+/m1/s1. The molecular weight excluding hydrogens is 216 g/mol. The lowest BCUT2D eigenvalue weighted by Gasteiger charge is -2.34. The molecule has 0 fully saturated rings. The number of Topliss-reactive ketones (excluding diaryl/α,β-unsaturated/α-hetero) is 1. The maximum absolute atomic E-state index is 11.3. The Morgan fingerprint density at radius 1 is 1.41 bits per heavy atom. The molecule has 0 N–H and O–H groups in total. The summed E-state index contributed by atoms with van der Waals surface area (Å²) < 4.78 is 5.50. The summed E-state index contributed by atoms with van der Waals surface area (Å²) in [6.07, 6.45) is 7.50. The zero-order valence-electron chi connectivity index (χ0n) is 11.0. The fourth-order valence-corrected chi connectivity index (χ4v) is 2.63. The number of carbonyl (C=O) groups excluding carboxylic acids is 2. The van der Waals surface area contributed by atoms with E-state index in [0.717, 1.165) is 25.7 Å². The molecular formula is C14H22O3. The van der Waals surface area contributed by atoms with E-state index in [1.165, 1.54) is 6.08 Å². The highest BCUT2D eigenvalue weighted by Gasteiger charge is 2.42. The highest BCUT2D eigenvalue weighted by Crippen LogP contribution is 2.38. The Kier molecular flexibility index (Phi) is 4.91. The number of hydrogen-bond acceptors (Lipinski definition) is 3. The summed E-state index contributed by atoms with van der Waals surface area (Å²) in [7, 11) is 0. The Labute approximate surface area is 103 Å². The van der Waals surface area contributed by atoms with Gasteiger partial charge in [-0.2, -0.15) is 0 Å². The number of rotatable bonds is 7. The SMILES string of the molecule is CCC[C@H](CC(C)=O)[C@]1(CCC)C=CC(=O)O1. The fourth-order valence-electron chi connectivity index (χ4n) is 2.63. The van der Waals surface area contributed by atoms with Crippen molar-refractivity contribution in [2.24, 2.45) is 5.92 Å². The molecule has 0 bridgehead atoms. The molecule has 0 saturated heterocycles. The molecule has 0 aromatic rings. The minimum absolute atomic E-state index is 0.118. The molecule has 0 aromatic carbocycles. The van der Waals surface area contributed by atoms with Gasteiger partial charge in [-0.3, -0.25) is 0 Å². The van der Waals surface area contributed by atoms with Gasteiger partial charge in [-0.05, 0) is 25.8 Å². The van der Waals surface area contributed by atoms with Crippen molar-refractivity contribution in [1.29, 1.82) is 0 Å². The number of ether oxygens (including phenoxy) is 1. The molecule has 0 spiro atoms. The van der Waals surface area contributed by atoms with Gasteiger partial charge in [-0.25, -0.2) is 4.79 Å². The van der Waals surface area contributed by atoms with Crippen molar-refractivity contribution in [1.82, 2.24) is 0 Å². The summed E-state index contributed by atoms with van der Waals surface area (Å²) in [5.41, 5.74) is -0.534. The number of cyclic esters (lactones) is 1. The van der Waals surface area contributed by atoms with E-state index in [1.807, 2.05) is 6.08 Å². The van der Waals surface area contributed by atoms with Gasteiger partial charge in [-0.15, -0.1) is 0 Å². The zero-order valence-corrected chi connectivity index (χ0v) is 11.0. The van der Waals surface area contributed by atoms with Gasteiger partial charge in [0.25, 0.3) is 0 Å². The number of hydrogen-bond donors (Lipinski definition) is 0. The second-order valence-corrected chi connectivity index (χ2v) is 4.85. The fraction of sp³-hybridized carbons (Fsp3) is 0.714. The third-order valence-corrected chi connectivity index (χ3v) is 3.29. The van der Waals surface area contributed by atoms with Crippen LogP contribution in [0.3, 0.4) is 0 Å². The lowest BCUT2D eigenvalue weighted by atomic mass is 9.78. The molecule has 0 unspecified atom stereocenters. The van der Waals surface area contributed by atoms with Crippen LogP contribution in [0.1, 0.15) is 52.9 Å². The zero-order chi connectivity index (χ0) is 12.9. The van der Waals surface area contributed by atoms with Gasteiger partial charge in [0.2, 0.25) is 0 Å². The first kappa shape index (κ1) is 13.9. The van der Waals surface area contributed by atoms with Crippen LogP contribution < -0.4 is 0 Å². The summed E-state index contributed by atoms with van der Waals surface area (Å²) in [6.45, 7) is 5.76. The van der Waals surface area contributed by atoms with Crippen molar-refractivity contribution in [3.63, 3.8) is 0 Å². The van der Waals surface area contributed by atoms with Crippen LogP contribution in [-0.4, -0.2) is 17.4 Å². The lowest BCUT2D eigenvalue weighted by molar-refractivity contribution is -0.152. The van der Waals surface area contributed by atoms with E-state index < -0.39 is 5.60 Å². The molecule has 96 valence electrons. The molecule has 0 aliphatic carbocycles. The van der Waals surface area contributed by atoms with Crippen LogP contribution in [0, 0.1) is 5.92 Å². The van der Waals surface area contributed by atoms with Gasteiger partial charge >= 0.3 is 5.97 Å². The van der Waals surface area contributed by atoms with Crippen LogP contribution in [-0.2, 0) is 14.3 Å². The average Bonchev–Trinajstić information content (AvgIpc) is 2.61. The van der Waals surface area contributed by atoms with E-state index in [-0.39, 0.29) is 17.7 Å². The second kappa shape index (κ2) is 5.99. The molecule has 0 aromatic heterocycles. The number of esters is 1. The predicted octanol–water partition coefficient (Wildman–Crippen LogP) is 3.03. The molecule has 1 aliphatic rings. The first-order valence-electron chi connectivity index (χ1n) is 6.45. The van der Waals surface area contributed by atoms with Crippen molar-refractivity contribution in [2.75, 3.05) is 0 Å². The van der Waals surface area contributed by atoms with Crippen LogP contribution in [0.15, 0.2) is 12.2 Å². The molecule has 2 atom stereocenters. The van der Waals surface area contributed by atoms with Gasteiger partial charge in [0, 0.05) is 18.4 Å². The molecule has 1 heterocycles. The van der Waals surface area contributed by atoms with Crippen molar-refractivity contribution < 1.29 is 14.3 Å². The molecule has 3 nitrogen and oxygen atoms in total. The van der Waals surface area contributed by atoms with Crippen LogP contribution in [0.2, 0.25) is 0 Å². The molecule has 1 aliphatic heterocycles. The highest BCUT2D eigenvalue weighted by atomic mass is 16.6. The maximum atomic E-state index is 11.3. The Hall–Kier alpha value is -1.12. The van der Waals surface area contributed by atoms with E-state index in [4.69, 9.17) is 4.74 Å². The first-order chi connectivity index (χ1) is 8.04. The van der Waals surface area contributed by atoms with Crippen LogP contribution in [0.5, 0.6) is 0 Å². The Balaban J connectivity index is 2.88. The van der Waals surface area contributed by atoms with Gasteiger partial charge in [0.1, 0.15) is 11.4 Å². The van der Waals surface area contributed by atoms with Crippen molar-refractivity contribution >= 4 is 11.8 Å². The Bertz CT molecular complexity index is 319. The third-order valence-electron chi connectivity index (χ3n) is 3.29. The maximum Gasteiger partial charge on any atom is 0.331 e.